The van der Waals surface area contributed by atoms with Crippen LogP contribution in [-0.4, -0.2) is 9.97 Å². The molecule has 4 aromatic carbocycles. The minimum atomic E-state index is -0.234. The van der Waals surface area contributed by atoms with Gasteiger partial charge in [-0.3, -0.25) is 9.97 Å². The molecule has 0 atom stereocenters. The first-order valence-corrected chi connectivity index (χ1v) is 11.9. The topological polar surface area (TPSA) is 25.8 Å². The largest absolute Gasteiger partial charge is 0.256 e. The number of hydrogen-bond donors (Lipinski definition) is 0. The fraction of sp³-hybridized carbons (Fsp3) is 0.125. The summed E-state index contributed by atoms with van der Waals surface area (Å²) in [5, 5.41) is 5.72. The normalized spacial score (nSPS) is 12.0. The van der Waals surface area contributed by atoms with Gasteiger partial charge in [-0.15, -0.1) is 0 Å². The van der Waals surface area contributed by atoms with E-state index in [1.165, 1.54) is 28.5 Å². The van der Waals surface area contributed by atoms with Crippen LogP contribution in [-0.2, 0) is 5.41 Å². The molecule has 0 aliphatic heterocycles. The van der Waals surface area contributed by atoms with Crippen molar-refractivity contribution < 1.29 is 4.39 Å². The second-order valence-electron chi connectivity index (χ2n) is 10.1. The number of benzene rings is 4. The number of fused-ring (bicyclic) bond motifs is 4. The van der Waals surface area contributed by atoms with Crippen LogP contribution in [0.25, 0.3) is 54.8 Å². The Kier molecular flexibility index (Phi) is 4.89. The molecule has 170 valence electrons. The molecule has 0 N–H and O–H groups in total. The van der Waals surface area contributed by atoms with Gasteiger partial charge in [-0.2, -0.15) is 0 Å². The smallest absolute Gasteiger partial charge is 0.123 e. The molecule has 0 aliphatic carbocycles. The molecule has 0 radical (unpaired) electrons. The van der Waals surface area contributed by atoms with Crippen molar-refractivity contribution in [3.05, 3.63) is 109 Å². The van der Waals surface area contributed by atoms with Crippen LogP contribution in [0, 0.1) is 5.82 Å². The second kappa shape index (κ2) is 7.99. The Morgan fingerprint density at radius 1 is 0.629 bits per heavy atom. The zero-order valence-corrected chi connectivity index (χ0v) is 20.0. The quantitative estimate of drug-likeness (QED) is 0.244. The Morgan fingerprint density at radius 2 is 1.40 bits per heavy atom. The Balaban J connectivity index is 1.55. The molecular formula is C32H25FN2. The SMILES string of the molecule is CC(C)(C)c1cc(-c2nccc3c2cnc2cc(-c4ccc(F)cc4)ccc23)cc2ccccc12. The summed E-state index contributed by atoms with van der Waals surface area (Å²) in [6, 6.07) is 27.9. The van der Waals surface area contributed by atoms with Gasteiger partial charge >= 0.3 is 0 Å². The highest BCUT2D eigenvalue weighted by Gasteiger charge is 2.19. The van der Waals surface area contributed by atoms with E-state index in [1.807, 2.05) is 12.4 Å². The molecule has 2 aromatic heterocycles. The zero-order valence-electron chi connectivity index (χ0n) is 20.0. The van der Waals surface area contributed by atoms with Gasteiger partial charge in [0.05, 0.1) is 11.2 Å². The fourth-order valence-corrected chi connectivity index (χ4v) is 4.96. The maximum absolute atomic E-state index is 13.4. The van der Waals surface area contributed by atoms with Crippen molar-refractivity contribution in [2.24, 2.45) is 0 Å². The number of halogens is 1. The van der Waals surface area contributed by atoms with Gasteiger partial charge in [0.2, 0.25) is 0 Å². The van der Waals surface area contributed by atoms with E-state index >= 15 is 0 Å². The van der Waals surface area contributed by atoms with Gasteiger partial charge in [0, 0.05) is 28.7 Å². The lowest BCUT2D eigenvalue weighted by atomic mass is 9.82. The summed E-state index contributed by atoms with van der Waals surface area (Å²) in [7, 11) is 0. The third-order valence-electron chi connectivity index (χ3n) is 6.73. The number of hydrogen-bond acceptors (Lipinski definition) is 2. The maximum atomic E-state index is 13.4. The van der Waals surface area contributed by atoms with Gasteiger partial charge in [-0.05, 0) is 74.7 Å². The molecule has 0 spiro atoms. The highest BCUT2D eigenvalue weighted by atomic mass is 19.1. The predicted octanol–water partition coefficient (Wildman–Crippen LogP) is 8.71. The summed E-state index contributed by atoms with van der Waals surface area (Å²) < 4.78 is 13.4. The van der Waals surface area contributed by atoms with Crippen molar-refractivity contribution in [1.82, 2.24) is 9.97 Å². The van der Waals surface area contributed by atoms with E-state index in [4.69, 9.17) is 9.97 Å². The summed E-state index contributed by atoms with van der Waals surface area (Å²) in [6.45, 7) is 6.76. The van der Waals surface area contributed by atoms with Crippen LogP contribution >= 0.6 is 0 Å². The minimum absolute atomic E-state index is 0.00188. The lowest BCUT2D eigenvalue weighted by Crippen LogP contribution is -2.12. The molecule has 0 unspecified atom stereocenters. The number of nitrogens with zero attached hydrogens (tertiary/aromatic N) is 2. The van der Waals surface area contributed by atoms with E-state index < -0.39 is 0 Å². The van der Waals surface area contributed by atoms with Crippen LogP contribution in [0.2, 0.25) is 0 Å². The van der Waals surface area contributed by atoms with Crippen molar-refractivity contribution in [1.29, 1.82) is 0 Å². The molecule has 6 rings (SSSR count). The van der Waals surface area contributed by atoms with Crippen LogP contribution in [0.4, 0.5) is 4.39 Å². The highest BCUT2D eigenvalue weighted by Crippen LogP contribution is 2.37. The predicted molar refractivity (Wildman–Crippen MR) is 144 cm³/mol. The average Bonchev–Trinajstić information content (AvgIpc) is 2.87. The Hall–Kier alpha value is -4.11. The highest BCUT2D eigenvalue weighted by molar-refractivity contribution is 6.10. The van der Waals surface area contributed by atoms with Crippen LogP contribution in [0.1, 0.15) is 26.3 Å². The third kappa shape index (κ3) is 3.74. The first-order chi connectivity index (χ1) is 16.9. The van der Waals surface area contributed by atoms with E-state index in [9.17, 15) is 4.39 Å². The van der Waals surface area contributed by atoms with Gasteiger partial charge < -0.3 is 0 Å². The standard InChI is InChI=1S/C32H25FN2/c1-32(2,3)29-17-23(16-22-6-4-5-7-25(22)29)31-28-19-35-30-18-21(20-8-11-24(33)12-9-20)10-13-27(30)26(28)14-15-34-31/h4-19H,1-3H3. The van der Waals surface area contributed by atoms with Gasteiger partial charge in [0.15, 0.2) is 0 Å². The van der Waals surface area contributed by atoms with Gasteiger partial charge in [0.1, 0.15) is 5.82 Å². The zero-order chi connectivity index (χ0) is 24.2. The monoisotopic (exact) mass is 456 g/mol. The number of pyridine rings is 2. The van der Waals surface area contributed by atoms with Crippen molar-refractivity contribution in [2.45, 2.75) is 26.2 Å². The van der Waals surface area contributed by atoms with E-state index in [0.717, 1.165) is 44.1 Å². The maximum Gasteiger partial charge on any atom is 0.123 e. The Labute approximate surface area is 204 Å². The van der Waals surface area contributed by atoms with Crippen molar-refractivity contribution in [3.8, 4) is 22.4 Å². The first-order valence-electron chi connectivity index (χ1n) is 11.9. The van der Waals surface area contributed by atoms with Crippen LogP contribution < -0.4 is 0 Å². The average molecular weight is 457 g/mol. The molecular weight excluding hydrogens is 431 g/mol. The molecule has 3 heteroatoms. The lowest BCUT2D eigenvalue weighted by Gasteiger charge is -2.23. The summed E-state index contributed by atoms with van der Waals surface area (Å²) in [5.41, 5.74) is 6.24. The van der Waals surface area contributed by atoms with Crippen molar-refractivity contribution in [2.75, 3.05) is 0 Å². The van der Waals surface area contributed by atoms with Gasteiger partial charge in [-0.25, -0.2) is 4.39 Å². The molecule has 0 saturated carbocycles. The molecule has 0 amide bonds. The van der Waals surface area contributed by atoms with E-state index in [1.54, 1.807) is 12.1 Å². The molecule has 2 nitrogen and oxygen atoms in total. The van der Waals surface area contributed by atoms with Gasteiger partial charge in [-0.1, -0.05) is 69.3 Å². The second-order valence-corrected chi connectivity index (χ2v) is 10.1. The van der Waals surface area contributed by atoms with E-state index in [-0.39, 0.29) is 11.2 Å². The summed E-state index contributed by atoms with van der Waals surface area (Å²) in [6.07, 6.45) is 3.82. The lowest BCUT2D eigenvalue weighted by molar-refractivity contribution is 0.596. The number of rotatable bonds is 2. The molecule has 0 fully saturated rings. The van der Waals surface area contributed by atoms with Gasteiger partial charge in [0.25, 0.3) is 0 Å². The summed E-state index contributed by atoms with van der Waals surface area (Å²) in [4.78, 5) is 9.63. The Morgan fingerprint density at radius 3 is 2.20 bits per heavy atom. The van der Waals surface area contributed by atoms with E-state index in [0.29, 0.717) is 0 Å². The van der Waals surface area contributed by atoms with Crippen molar-refractivity contribution in [3.63, 3.8) is 0 Å². The molecule has 0 aliphatic rings. The van der Waals surface area contributed by atoms with Crippen LogP contribution in [0.5, 0.6) is 0 Å². The number of aromatic nitrogens is 2. The summed E-state index contributed by atoms with van der Waals surface area (Å²) in [5.74, 6) is -0.234. The molecule has 6 aromatic rings. The Bertz CT molecular complexity index is 1730. The first kappa shape index (κ1) is 21.4. The fourth-order valence-electron chi connectivity index (χ4n) is 4.96. The van der Waals surface area contributed by atoms with Crippen LogP contribution in [0.15, 0.2) is 97.3 Å². The molecule has 2 heterocycles. The molecule has 35 heavy (non-hydrogen) atoms. The molecule has 0 saturated heterocycles. The summed E-state index contributed by atoms with van der Waals surface area (Å²) >= 11 is 0. The van der Waals surface area contributed by atoms with Crippen LogP contribution in [0.3, 0.4) is 0 Å². The third-order valence-corrected chi connectivity index (χ3v) is 6.73. The molecule has 0 bridgehead atoms. The van der Waals surface area contributed by atoms with E-state index in [2.05, 4.69) is 81.4 Å². The minimum Gasteiger partial charge on any atom is -0.256 e. The van der Waals surface area contributed by atoms with Crippen molar-refractivity contribution >= 4 is 32.4 Å².